The summed E-state index contributed by atoms with van der Waals surface area (Å²) in [7, 11) is -1.48. The van der Waals surface area contributed by atoms with Crippen LogP contribution >= 0.6 is 15.9 Å². The molecular weight excluding hydrogens is 338 g/mol. The lowest BCUT2D eigenvalue weighted by molar-refractivity contribution is 0.249. The maximum absolute atomic E-state index is 13.0. The van der Waals surface area contributed by atoms with Gasteiger partial charge in [-0.15, -0.1) is 0 Å². The van der Waals surface area contributed by atoms with Gasteiger partial charge in [0.2, 0.25) is 0 Å². The van der Waals surface area contributed by atoms with E-state index in [-0.39, 0.29) is 17.2 Å². The Morgan fingerprint density at radius 3 is 2.45 bits per heavy atom. The van der Waals surface area contributed by atoms with Crippen molar-refractivity contribution in [3.8, 4) is 0 Å². The third kappa shape index (κ3) is 2.95. The first-order chi connectivity index (χ1) is 9.37. The Balaban J connectivity index is 2.44. The molecule has 4 unspecified atom stereocenters. The van der Waals surface area contributed by atoms with Gasteiger partial charge in [-0.3, -0.25) is 0 Å². The molecule has 0 amide bonds. The molecule has 0 heterocycles. The van der Waals surface area contributed by atoms with Gasteiger partial charge in [0.1, 0.15) is 0 Å². The van der Waals surface area contributed by atoms with Crippen LogP contribution in [0.15, 0.2) is 33.6 Å². The largest absolute Gasteiger partial charge is 0.316 e. The normalized spacial score (nSPS) is 31.2. The highest BCUT2D eigenvalue weighted by Crippen LogP contribution is 2.37. The average molecular weight is 360 g/mol. The van der Waals surface area contributed by atoms with Crippen LogP contribution in [-0.4, -0.2) is 26.8 Å². The molecule has 0 spiro atoms. The van der Waals surface area contributed by atoms with E-state index in [0.717, 1.165) is 12.8 Å². The maximum atomic E-state index is 13.0. The summed E-state index contributed by atoms with van der Waals surface area (Å²) < 4.78 is 26.7. The first-order valence-corrected chi connectivity index (χ1v) is 9.37. The minimum atomic E-state index is -3.34. The van der Waals surface area contributed by atoms with Crippen molar-refractivity contribution >= 4 is 25.8 Å². The monoisotopic (exact) mass is 359 g/mol. The van der Waals surface area contributed by atoms with E-state index in [0.29, 0.717) is 15.3 Å². The number of benzene rings is 1. The minimum absolute atomic E-state index is 0.0193. The molecule has 1 aliphatic rings. The van der Waals surface area contributed by atoms with E-state index < -0.39 is 9.84 Å². The molecule has 5 heteroatoms. The number of rotatable bonds is 3. The maximum Gasteiger partial charge on any atom is 0.184 e. The molecular formula is C15H22BrNO2S. The molecule has 1 saturated carbocycles. The predicted molar refractivity (Wildman–Crippen MR) is 85.5 cm³/mol. The second kappa shape index (κ2) is 6.16. The fourth-order valence-corrected chi connectivity index (χ4v) is 6.72. The molecule has 20 heavy (non-hydrogen) atoms. The molecule has 1 N–H and O–H groups in total. The van der Waals surface area contributed by atoms with Crippen molar-refractivity contribution < 1.29 is 8.42 Å². The van der Waals surface area contributed by atoms with E-state index in [4.69, 9.17) is 0 Å². The summed E-state index contributed by atoms with van der Waals surface area (Å²) in [6, 6.07) is 7.12. The second-order valence-electron chi connectivity index (χ2n) is 5.89. The van der Waals surface area contributed by atoms with Crippen molar-refractivity contribution in [2.24, 2.45) is 11.8 Å². The number of hydrogen-bond acceptors (Lipinski definition) is 3. The Morgan fingerprint density at radius 2 is 1.85 bits per heavy atom. The van der Waals surface area contributed by atoms with E-state index in [1.54, 1.807) is 18.2 Å². The SMILES string of the molecule is CNC1CC(C)CC(C)C1S(=O)(=O)c1ccccc1Br. The van der Waals surface area contributed by atoms with Crippen LogP contribution in [0, 0.1) is 11.8 Å². The highest BCUT2D eigenvalue weighted by atomic mass is 79.9. The lowest BCUT2D eigenvalue weighted by atomic mass is 9.80. The third-order valence-corrected chi connectivity index (χ3v) is 7.69. The standard InChI is InChI=1S/C15H22BrNO2S/c1-10-8-11(2)15(13(9-10)17-3)20(18,19)14-7-5-4-6-12(14)16/h4-7,10-11,13,15,17H,8-9H2,1-3H3. The van der Waals surface area contributed by atoms with Crippen LogP contribution in [0.2, 0.25) is 0 Å². The number of sulfone groups is 1. The van der Waals surface area contributed by atoms with Crippen LogP contribution in [0.3, 0.4) is 0 Å². The highest BCUT2D eigenvalue weighted by Gasteiger charge is 2.42. The molecule has 4 atom stereocenters. The van der Waals surface area contributed by atoms with Crippen LogP contribution in [0.25, 0.3) is 0 Å². The molecule has 112 valence electrons. The molecule has 0 aromatic heterocycles. The summed E-state index contributed by atoms with van der Waals surface area (Å²) in [5, 5.41) is 2.86. The Kier molecular flexibility index (Phi) is 4.92. The van der Waals surface area contributed by atoms with Crippen molar-refractivity contribution in [1.29, 1.82) is 0 Å². The van der Waals surface area contributed by atoms with Gasteiger partial charge in [0, 0.05) is 10.5 Å². The second-order valence-corrected chi connectivity index (χ2v) is 8.82. The fraction of sp³-hybridized carbons (Fsp3) is 0.600. The minimum Gasteiger partial charge on any atom is -0.316 e. The number of hydrogen-bond donors (Lipinski definition) is 1. The fourth-order valence-electron chi connectivity index (χ4n) is 3.46. The van der Waals surface area contributed by atoms with E-state index in [1.165, 1.54) is 0 Å². The van der Waals surface area contributed by atoms with Crippen molar-refractivity contribution in [1.82, 2.24) is 5.32 Å². The Morgan fingerprint density at radius 1 is 1.20 bits per heavy atom. The molecule has 0 aliphatic heterocycles. The van der Waals surface area contributed by atoms with Gasteiger partial charge in [-0.05, 0) is 59.8 Å². The zero-order chi connectivity index (χ0) is 14.9. The smallest absolute Gasteiger partial charge is 0.184 e. The van der Waals surface area contributed by atoms with Gasteiger partial charge >= 0.3 is 0 Å². The van der Waals surface area contributed by atoms with Crippen molar-refractivity contribution in [2.45, 2.75) is 42.9 Å². The van der Waals surface area contributed by atoms with E-state index >= 15 is 0 Å². The summed E-state index contributed by atoms with van der Waals surface area (Å²) in [5.74, 6) is 0.724. The van der Waals surface area contributed by atoms with Gasteiger partial charge in [0.05, 0.1) is 10.1 Å². The first-order valence-electron chi connectivity index (χ1n) is 7.03. The topological polar surface area (TPSA) is 46.2 Å². The van der Waals surface area contributed by atoms with Crippen LogP contribution in [0.4, 0.5) is 0 Å². The summed E-state index contributed by atoms with van der Waals surface area (Å²) in [6.45, 7) is 4.25. The molecule has 3 nitrogen and oxygen atoms in total. The Bertz CT molecular complexity index is 573. The van der Waals surface area contributed by atoms with Crippen LogP contribution < -0.4 is 5.32 Å². The lowest BCUT2D eigenvalue weighted by Gasteiger charge is -2.39. The summed E-state index contributed by atoms with van der Waals surface area (Å²) >= 11 is 3.37. The Hall–Kier alpha value is -0.390. The van der Waals surface area contributed by atoms with Crippen molar-refractivity contribution in [3.05, 3.63) is 28.7 Å². The molecule has 0 bridgehead atoms. The third-order valence-electron chi connectivity index (χ3n) is 4.26. The van der Waals surface area contributed by atoms with Gasteiger partial charge in [0.25, 0.3) is 0 Å². The summed E-state index contributed by atoms with van der Waals surface area (Å²) in [4.78, 5) is 0.409. The zero-order valence-electron chi connectivity index (χ0n) is 12.1. The summed E-state index contributed by atoms with van der Waals surface area (Å²) in [5.41, 5.74) is 0. The van der Waals surface area contributed by atoms with Gasteiger partial charge in [-0.25, -0.2) is 8.42 Å². The van der Waals surface area contributed by atoms with Crippen LogP contribution in [0.1, 0.15) is 26.7 Å². The summed E-state index contributed by atoms with van der Waals surface area (Å²) in [6.07, 6.45) is 1.88. The number of nitrogens with one attached hydrogen (secondary N) is 1. The van der Waals surface area contributed by atoms with Crippen LogP contribution in [-0.2, 0) is 9.84 Å². The molecule has 2 rings (SSSR count). The number of halogens is 1. The molecule has 1 aromatic carbocycles. The van der Waals surface area contributed by atoms with Gasteiger partial charge in [-0.2, -0.15) is 0 Å². The zero-order valence-corrected chi connectivity index (χ0v) is 14.5. The first kappa shape index (κ1) is 16.0. The van der Waals surface area contributed by atoms with Gasteiger partial charge < -0.3 is 5.32 Å². The Labute approximate surface area is 130 Å². The van der Waals surface area contributed by atoms with Gasteiger partial charge in [-0.1, -0.05) is 26.0 Å². The molecule has 1 fully saturated rings. The van der Waals surface area contributed by atoms with Crippen molar-refractivity contribution in [3.63, 3.8) is 0 Å². The highest BCUT2D eigenvalue weighted by molar-refractivity contribution is 9.10. The molecule has 1 aromatic rings. The predicted octanol–water partition coefficient (Wildman–Crippen LogP) is 3.25. The van der Waals surface area contributed by atoms with Gasteiger partial charge in [0.15, 0.2) is 9.84 Å². The quantitative estimate of drug-likeness (QED) is 0.900. The van der Waals surface area contributed by atoms with E-state index in [9.17, 15) is 8.42 Å². The van der Waals surface area contributed by atoms with E-state index in [1.807, 2.05) is 13.1 Å². The lowest BCUT2D eigenvalue weighted by Crippen LogP contribution is -2.50. The average Bonchev–Trinajstić information content (AvgIpc) is 2.37. The van der Waals surface area contributed by atoms with Crippen LogP contribution in [0.5, 0.6) is 0 Å². The molecule has 0 saturated heterocycles. The molecule has 0 radical (unpaired) electrons. The molecule has 1 aliphatic carbocycles. The van der Waals surface area contributed by atoms with Crippen molar-refractivity contribution in [2.75, 3.05) is 7.05 Å². The van der Waals surface area contributed by atoms with E-state index in [2.05, 4.69) is 35.1 Å².